The van der Waals surface area contributed by atoms with Crippen molar-refractivity contribution in [3.63, 3.8) is 0 Å². The number of ether oxygens (including phenoxy) is 2. The van der Waals surface area contributed by atoms with Crippen LogP contribution in [0.5, 0.6) is 23.0 Å². The molecule has 7 heteroatoms. The van der Waals surface area contributed by atoms with Crippen LogP contribution in [0.1, 0.15) is 0 Å². The fourth-order valence-corrected chi connectivity index (χ4v) is 4.41. The van der Waals surface area contributed by atoms with Crippen molar-refractivity contribution >= 4 is 17.1 Å². The van der Waals surface area contributed by atoms with Gasteiger partial charge in [-0.3, -0.25) is 0 Å². The molecule has 6 aromatic rings. The second-order valence-corrected chi connectivity index (χ2v) is 9.06. The summed E-state index contributed by atoms with van der Waals surface area (Å²) in [6.45, 7) is 0. The highest BCUT2D eigenvalue weighted by atomic mass is 16.5. The van der Waals surface area contributed by atoms with E-state index in [0.717, 1.165) is 0 Å². The normalized spacial score (nSPS) is 10.8. The van der Waals surface area contributed by atoms with Gasteiger partial charge in [0.1, 0.15) is 17.2 Å². The molecule has 0 unspecified atom stereocenters. The maximum absolute atomic E-state index is 6.48. The zero-order chi connectivity index (χ0) is 27.5. The van der Waals surface area contributed by atoms with E-state index in [4.69, 9.17) is 36.1 Å². The minimum absolute atomic E-state index is 0.337. The number of benzene rings is 5. The molecule has 0 saturated heterocycles. The van der Waals surface area contributed by atoms with Gasteiger partial charge >= 0.3 is 0 Å². The molecule has 0 saturated carbocycles. The Morgan fingerprint density at radius 2 is 0.950 bits per heavy atom. The van der Waals surface area contributed by atoms with E-state index < -0.39 is 0 Å². The topological polar surface area (TPSA) is 123 Å². The molecule has 0 fully saturated rings. The van der Waals surface area contributed by atoms with Gasteiger partial charge in [-0.1, -0.05) is 60.7 Å². The molecule has 0 amide bonds. The van der Waals surface area contributed by atoms with E-state index >= 15 is 0 Å². The Labute approximate surface area is 231 Å². The monoisotopic (exact) mass is 526 g/mol. The van der Waals surface area contributed by atoms with Crippen molar-refractivity contribution in [2.45, 2.75) is 0 Å². The average Bonchev–Trinajstić information content (AvgIpc) is 3.41. The van der Waals surface area contributed by atoms with Crippen molar-refractivity contribution in [3.05, 3.63) is 121 Å². The predicted octanol–water partition coefficient (Wildman–Crippen LogP) is 8.01. The summed E-state index contributed by atoms with van der Waals surface area (Å²) < 4.78 is 19.0. The lowest BCUT2D eigenvalue weighted by atomic mass is 10.0. The van der Waals surface area contributed by atoms with Crippen molar-refractivity contribution in [1.29, 1.82) is 0 Å². The largest absolute Gasteiger partial charge is 0.454 e. The lowest BCUT2D eigenvalue weighted by Crippen LogP contribution is -1.97. The molecule has 6 rings (SSSR count). The Balaban J connectivity index is 1.58. The summed E-state index contributed by atoms with van der Waals surface area (Å²) >= 11 is 0. The number of hydrogen-bond acceptors (Lipinski definition) is 7. The number of hydrogen-bond donors (Lipinski definition) is 3. The van der Waals surface area contributed by atoms with Crippen molar-refractivity contribution in [2.75, 3.05) is 17.2 Å². The SMILES string of the molecule is Nc1ccccc1-c1nc(-c2cccc(N)c2Oc2ccccc2)c(-c2cccc(N)c2Oc2ccccc2)o1. The lowest BCUT2D eigenvalue weighted by Gasteiger charge is -2.15. The van der Waals surface area contributed by atoms with Gasteiger partial charge in [0.15, 0.2) is 17.3 Å². The summed E-state index contributed by atoms with van der Waals surface area (Å²) in [6.07, 6.45) is 0. The number of anilines is 3. The second-order valence-electron chi connectivity index (χ2n) is 9.06. The number of oxazole rings is 1. The number of rotatable bonds is 7. The Hall–Kier alpha value is -5.69. The highest BCUT2D eigenvalue weighted by Crippen LogP contribution is 2.47. The van der Waals surface area contributed by atoms with Gasteiger partial charge in [0.25, 0.3) is 0 Å². The van der Waals surface area contributed by atoms with Crippen molar-refractivity contribution in [2.24, 2.45) is 0 Å². The first-order valence-corrected chi connectivity index (χ1v) is 12.7. The van der Waals surface area contributed by atoms with Crippen LogP contribution < -0.4 is 26.7 Å². The Bertz CT molecular complexity index is 1670. The molecule has 0 atom stereocenters. The molecule has 0 aliphatic rings. The lowest BCUT2D eigenvalue weighted by molar-refractivity contribution is 0.483. The molecule has 1 heterocycles. The highest BCUT2D eigenvalue weighted by molar-refractivity contribution is 5.89. The zero-order valence-corrected chi connectivity index (χ0v) is 21.5. The number of aromatic nitrogens is 1. The number of nitrogens with zero attached hydrogens (tertiary/aromatic N) is 1. The first kappa shape index (κ1) is 24.6. The summed E-state index contributed by atoms with van der Waals surface area (Å²) in [6, 6.07) is 37.2. The third-order valence-corrected chi connectivity index (χ3v) is 6.34. The Morgan fingerprint density at radius 1 is 0.475 bits per heavy atom. The number of nitrogen functional groups attached to an aromatic ring is 3. The molecule has 0 aliphatic carbocycles. The molecular weight excluding hydrogens is 500 g/mol. The van der Waals surface area contributed by atoms with E-state index in [0.29, 0.717) is 74.1 Å². The Morgan fingerprint density at radius 3 is 1.55 bits per heavy atom. The molecule has 0 aliphatic heterocycles. The summed E-state index contributed by atoms with van der Waals surface area (Å²) in [5.74, 6) is 2.92. The molecule has 0 radical (unpaired) electrons. The molecule has 7 nitrogen and oxygen atoms in total. The second kappa shape index (κ2) is 10.6. The summed E-state index contributed by atoms with van der Waals surface area (Å²) in [7, 11) is 0. The first-order chi connectivity index (χ1) is 19.6. The predicted molar refractivity (Wildman–Crippen MR) is 159 cm³/mol. The molecular formula is C33H26N4O3. The van der Waals surface area contributed by atoms with Gasteiger partial charge in [-0.15, -0.1) is 0 Å². The van der Waals surface area contributed by atoms with Crippen LogP contribution in [0.2, 0.25) is 0 Å². The fourth-order valence-electron chi connectivity index (χ4n) is 4.41. The van der Waals surface area contributed by atoms with E-state index in [9.17, 15) is 0 Å². The third kappa shape index (κ3) is 4.79. The van der Waals surface area contributed by atoms with Crippen LogP contribution in [0.3, 0.4) is 0 Å². The standard InChI is InChI=1S/C33H26N4O3/c34-26-18-8-7-15-23(26)33-37-29(24-16-9-19-27(35)30(24)38-21-11-3-1-4-12-21)32(40-33)25-17-10-20-28(36)31(25)39-22-13-5-2-6-14-22/h1-20H,34-36H2. The summed E-state index contributed by atoms with van der Waals surface area (Å²) in [5.41, 5.74) is 23.0. The minimum atomic E-state index is 0.337. The van der Waals surface area contributed by atoms with E-state index in [1.54, 1.807) is 18.2 Å². The molecule has 1 aromatic heterocycles. The molecule has 196 valence electrons. The first-order valence-electron chi connectivity index (χ1n) is 12.7. The highest BCUT2D eigenvalue weighted by Gasteiger charge is 2.26. The van der Waals surface area contributed by atoms with Crippen LogP contribution in [-0.2, 0) is 0 Å². The van der Waals surface area contributed by atoms with Crippen molar-refractivity contribution in [1.82, 2.24) is 4.98 Å². The van der Waals surface area contributed by atoms with Gasteiger partial charge in [0.05, 0.1) is 22.5 Å². The molecule has 5 aromatic carbocycles. The third-order valence-electron chi connectivity index (χ3n) is 6.34. The maximum atomic E-state index is 6.48. The van der Waals surface area contributed by atoms with Crippen LogP contribution >= 0.6 is 0 Å². The van der Waals surface area contributed by atoms with E-state index in [-0.39, 0.29) is 0 Å². The van der Waals surface area contributed by atoms with Crippen molar-refractivity contribution < 1.29 is 13.9 Å². The van der Waals surface area contributed by atoms with Crippen LogP contribution in [0.15, 0.2) is 126 Å². The van der Waals surface area contributed by atoms with E-state index in [1.165, 1.54) is 0 Å². The summed E-state index contributed by atoms with van der Waals surface area (Å²) in [5, 5.41) is 0. The fraction of sp³-hybridized carbons (Fsp3) is 0. The summed E-state index contributed by atoms with van der Waals surface area (Å²) in [4.78, 5) is 4.93. The van der Waals surface area contributed by atoms with Crippen molar-refractivity contribution in [3.8, 4) is 57.0 Å². The van der Waals surface area contributed by atoms with Gasteiger partial charge < -0.3 is 31.1 Å². The number of para-hydroxylation sites is 5. The van der Waals surface area contributed by atoms with Gasteiger partial charge in [0.2, 0.25) is 5.89 Å². The minimum Gasteiger partial charge on any atom is -0.454 e. The zero-order valence-electron chi connectivity index (χ0n) is 21.5. The molecule has 6 N–H and O–H groups in total. The quantitative estimate of drug-likeness (QED) is 0.180. The Kier molecular flexibility index (Phi) is 6.52. The van der Waals surface area contributed by atoms with Crippen LogP contribution in [-0.4, -0.2) is 4.98 Å². The maximum Gasteiger partial charge on any atom is 0.229 e. The molecule has 0 spiro atoms. The number of nitrogens with two attached hydrogens (primary N) is 3. The van der Waals surface area contributed by atoms with Gasteiger partial charge in [0, 0.05) is 11.3 Å². The van der Waals surface area contributed by atoms with E-state index in [2.05, 4.69) is 0 Å². The van der Waals surface area contributed by atoms with Crippen LogP contribution in [0.4, 0.5) is 17.1 Å². The average molecular weight is 527 g/mol. The van der Waals surface area contributed by atoms with Gasteiger partial charge in [-0.25, -0.2) is 4.98 Å². The van der Waals surface area contributed by atoms with Gasteiger partial charge in [-0.05, 0) is 60.7 Å². The molecule has 40 heavy (non-hydrogen) atoms. The molecule has 0 bridgehead atoms. The van der Waals surface area contributed by atoms with Crippen LogP contribution in [0.25, 0.3) is 34.0 Å². The van der Waals surface area contributed by atoms with E-state index in [1.807, 2.05) is 103 Å². The van der Waals surface area contributed by atoms with Gasteiger partial charge in [-0.2, -0.15) is 0 Å². The smallest absolute Gasteiger partial charge is 0.229 e. The van der Waals surface area contributed by atoms with Crippen LogP contribution in [0, 0.1) is 0 Å².